The van der Waals surface area contributed by atoms with Crippen molar-refractivity contribution in [3.8, 4) is 0 Å². The molecule has 0 saturated heterocycles. The predicted octanol–water partition coefficient (Wildman–Crippen LogP) is 2.37. The predicted molar refractivity (Wildman–Crippen MR) is 43.6 cm³/mol. The summed E-state index contributed by atoms with van der Waals surface area (Å²) in [6.45, 7) is 0. The van der Waals surface area contributed by atoms with Gasteiger partial charge in [-0.3, -0.25) is 0 Å². The number of thiol groups is 1. The Morgan fingerprint density at radius 3 is 2.00 bits per heavy atom. The molecule has 0 aliphatic carbocycles. The van der Waals surface area contributed by atoms with E-state index in [1.54, 1.807) is 0 Å². The van der Waals surface area contributed by atoms with Crippen LogP contribution in [0.3, 0.4) is 0 Å². The van der Waals surface area contributed by atoms with Crippen LogP contribution < -0.4 is 0 Å². The Morgan fingerprint density at radius 1 is 1.22 bits per heavy atom. The fourth-order valence-corrected chi connectivity index (χ4v) is 0.731. The van der Waals surface area contributed by atoms with Gasteiger partial charge in [-0.05, 0) is 0 Å². The van der Waals surface area contributed by atoms with Gasteiger partial charge in [-0.25, -0.2) is 0 Å². The minimum Gasteiger partial charge on any atom is -0.780 e. The van der Waals surface area contributed by atoms with Gasteiger partial charge in [0.15, 0.2) is 0 Å². The molecule has 0 atom stereocenters. The zero-order valence-electron chi connectivity index (χ0n) is 4.54. The third kappa shape index (κ3) is 3.22. The molecular weight excluding hydrogens is 322 g/mol. The van der Waals surface area contributed by atoms with Crippen molar-refractivity contribution in [2.24, 2.45) is 0 Å². The van der Waals surface area contributed by atoms with E-state index in [1.165, 1.54) is 0 Å². The van der Waals surface area contributed by atoms with Gasteiger partial charge in [0.05, 0.1) is 0 Å². The molecule has 0 aliphatic heterocycles. The Kier molecular flexibility index (Phi) is 4.51. The minimum atomic E-state index is 0. The molecule has 1 aromatic rings. The first kappa shape index (κ1) is 9.45. The summed E-state index contributed by atoms with van der Waals surface area (Å²) in [6, 6.07) is 7.48. The minimum absolute atomic E-state index is 0. The standard InChI is InChI=1S/C6H6S2.Re.2H2/c7-5-1-2-6(8)4-3-5;;;/h1-4,7-8H;;2*1H/p-1. The fourth-order valence-electron chi connectivity index (χ4n) is 0.446. The molecule has 1 aromatic carbocycles. The number of hydrogen-bond acceptors (Lipinski definition) is 2. The van der Waals surface area contributed by atoms with Crippen molar-refractivity contribution in [2.75, 3.05) is 0 Å². The Hall–Kier alpha value is 0.452. The summed E-state index contributed by atoms with van der Waals surface area (Å²) in [5.74, 6) is 0. The molecule has 1 radical (unpaired) electrons. The van der Waals surface area contributed by atoms with Gasteiger partial charge in [0.2, 0.25) is 0 Å². The van der Waals surface area contributed by atoms with E-state index in [1.807, 2.05) is 24.3 Å². The van der Waals surface area contributed by atoms with Gasteiger partial charge in [0.1, 0.15) is 0 Å². The molecule has 0 aliphatic rings. The monoisotopic (exact) mass is 332 g/mol. The maximum atomic E-state index is 4.84. The maximum Gasteiger partial charge on any atom is 0.00389 e. The van der Waals surface area contributed by atoms with E-state index in [0.717, 1.165) is 9.79 Å². The number of rotatable bonds is 0. The Balaban J connectivity index is -0.000000213. The normalized spacial score (nSPS) is 8.11. The maximum absolute atomic E-state index is 4.84. The molecule has 0 amide bonds. The van der Waals surface area contributed by atoms with Crippen molar-refractivity contribution >= 4 is 25.3 Å². The molecule has 1 rings (SSSR count). The van der Waals surface area contributed by atoms with Crippen molar-refractivity contribution in [1.82, 2.24) is 0 Å². The molecule has 0 nitrogen and oxygen atoms in total. The molecule has 0 N–H and O–H groups in total. The average Bonchev–Trinajstić information content (AvgIpc) is 1.77. The van der Waals surface area contributed by atoms with Gasteiger partial charge in [0.25, 0.3) is 0 Å². The molecule has 9 heavy (non-hydrogen) atoms. The third-order valence-electron chi connectivity index (χ3n) is 0.837. The van der Waals surface area contributed by atoms with Gasteiger partial charge in [-0.1, -0.05) is 24.3 Å². The summed E-state index contributed by atoms with van der Waals surface area (Å²) in [5, 5.41) is 0. The van der Waals surface area contributed by atoms with Crippen LogP contribution in [0.25, 0.3) is 0 Å². The van der Waals surface area contributed by atoms with Gasteiger partial charge in [-0.15, -0.1) is 12.6 Å². The molecule has 0 fully saturated rings. The zero-order valence-corrected chi connectivity index (χ0v) is 8.97. The van der Waals surface area contributed by atoms with Crippen molar-refractivity contribution in [2.45, 2.75) is 9.79 Å². The van der Waals surface area contributed by atoms with Crippen molar-refractivity contribution < 1.29 is 23.3 Å². The van der Waals surface area contributed by atoms with Crippen molar-refractivity contribution in [3.63, 3.8) is 0 Å². The molecule has 0 bridgehead atoms. The van der Waals surface area contributed by atoms with Crippen LogP contribution in [0.15, 0.2) is 34.1 Å². The molecule has 0 heterocycles. The fraction of sp³-hybridized carbons (Fsp3) is 0. The Labute approximate surface area is 82.5 Å². The summed E-state index contributed by atoms with van der Waals surface area (Å²) >= 11 is 8.92. The van der Waals surface area contributed by atoms with Crippen LogP contribution in [0.4, 0.5) is 0 Å². The topological polar surface area (TPSA) is 0 Å². The summed E-state index contributed by atoms with van der Waals surface area (Å²) in [5.41, 5.74) is 0. The second kappa shape index (κ2) is 4.30. The van der Waals surface area contributed by atoms with E-state index < -0.39 is 0 Å². The van der Waals surface area contributed by atoms with Gasteiger partial charge >= 0.3 is 0 Å². The number of hydrogen-bond donors (Lipinski definition) is 1. The largest absolute Gasteiger partial charge is 0.780 e. The van der Waals surface area contributed by atoms with Gasteiger partial charge < -0.3 is 12.6 Å². The van der Waals surface area contributed by atoms with Crippen molar-refractivity contribution in [1.29, 1.82) is 0 Å². The van der Waals surface area contributed by atoms with E-state index in [0.29, 0.717) is 0 Å². The molecule has 0 spiro atoms. The van der Waals surface area contributed by atoms with Crippen LogP contribution in [0, 0.1) is 0 Å². The summed E-state index contributed by atoms with van der Waals surface area (Å²) in [7, 11) is 0. The van der Waals surface area contributed by atoms with Crippen LogP contribution >= 0.6 is 12.6 Å². The number of benzene rings is 1. The smallest absolute Gasteiger partial charge is 0.00389 e. The van der Waals surface area contributed by atoms with E-state index in [4.69, 9.17) is 12.6 Å². The summed E-state index contributed by atoms with van der Waals surface area (Å²) < 4.78 is 0. The molecule has 0 unspecified atom stereocenters. The van der Waals surface area contributed by atoms with E-state index in [2.05, 4.69) is 12.6 Å². The first-order valence-corrected chi connectivity index (χ1v) is 3.10. The summed E-state index contributed by atoms with van der Waals surface area (Å²) in [6.07, 6.45) is 0. The molecule has 3 heteroatoms. The second-order valence-electron chi connectivity index (χ2n) is 1.49. The van der Waals surface area contributed by atoms with Crippen LogP contribution in [-0.4, -0.2) is 0 Å². The summed E-state index contributed by atoms with van der Waals surface area (Å²) in [4.78, 5) is 1.82. The quantitative estimate of drug-likeness (QED) is 0.563. The van der Waals surface area contributed by atoms with Crippen LogP contribution in [0.1, 0.15) is 2.85 Å². The second-order valence-corrected chi connectivity index (χ2v) is 2.48. The Morgan fingerprint density at radius 2 is 1.67 bits per heavy atom. The van der Waals surface area contributed by atoms with E-state index >= 15 is 0 Å². The average molecular weight is 331 g/mol. The van der Waals surface area contributed by atoms with Gasteiger partial charge in [0, 0.05) is 28.2 Å². The third-order valence-corrected chi connectivity index (χ3v) is 1.41. The van der Waals surface area contributed by atoms with Gasteiger partial charge in [-0.2, -0.15) is 4.90 Å². The molecule has 0 saturated carbocycles. The SMILES string of the molecule is [HH].[HH].[Re].[S-]c1ccc(S)cc1. The molecule has 0 aromatic heterocycles. The van der Waals surface area contributed by atoms with E-state index in [-0.39, 0.29) is 23.3 Å². The molecule has 53 valence electrons. The van der Waals surface area contributed by atoms with Crippen LogP contribution in [-0.2, 0) is 33.1 Å². The first-order valence-electron chi connectivity index (χ1n) is 2.25. The zero-order chi connectivity index (χ0) is 5.98. The van der Waals surface area contributed by atoms with Crippen LogP contribution in [0.2, 0.25) is 0 Å². The Bertz CT molecular complexity index is 157. The first-order chi connectivity index (χ1) is 3.79. The van der Waals surface area contributed by atoms with E-state index in [9.17, 15) is 0 Å². The molecular formula is C6H9ReS2-. The van der Waals surface area contributed by atoms with Crippen molar-refractivity contribution in [3.05, 3.63) is 24.3 Å². The van der Waals surface area contributed by atoms with Crippen LogP contribution in [0.5, 0.6) is 0 Å².